The molecule has 1 atom stereocenters. The van der Waals surface area contributed by atoms with Crippen molar-refractivity contribution in [3.05, 3.63) is 65.6 Å². The van der Waals surface area contributed by atoms with Crippen LogP contribution in [0.25, 0.3) is 5.65 Å². The molecule has 2 heterocycles. The second kappa shape index (κ2) is 6.74. The molecule has 0 saturated carbocycles. The van der Waals surface area contributed by atoms with Gasteiger partial charge in [0.1, 0.15) is 17.1 Å². The van der Waals surface area contributed by atoms with Crippen LogP contribution in [0.15, 0.2) is 48.8 Å². The zero-order valence-corrected chi connectivity index (χ0v) is 14.1. The molecule has 0 fully saturated rings. The second-order valence-electron chi connectivity index (χ2n) is 5.79. The van der Waals surface area contributed by atoms with Gasteiger partial charge in [0, 0.05) is 12.4 Å². The summed E-state index contributed by atoms with van der Waals surface area (Å²) in [7, 11) is 0. The van der Waals surface area contributed by atoms with Crippen LogP contribution in [0, 0.1) is 6.92 Å². The number of carbonyl (C=O) groups is 1. The summed E-state index contributed by atoms with van der Waals surface area (Å²) in [5.74, 6) is 0.647. The maximum Gasteiger partial charge on any atom is 0.271 e. The summed E-state index contributed by atoms with van der Waals surface area (Å²) in [6.07, 6.45) is 3.65. The van der Waals surface area contributed by atoms with Gasteiger partial charge in [-0.1, -0.05) is 12.1 Å². The Morgan fingerprint density at radius 1 is 1.29 bits per heavy atom. The summed E-state index contributed by atoms with van der Waals surface area (Å²) < 4.78 is 7.28. The molecule has 0 bridgehead atoms. The first-order chi connectivity index (χ1) is 11.6. The maximum atomic E-state index is 12.4. The Bertz CT molecular complexity index is 853. The van der Waals surface area contributed by atoms with Crippen LogP contribution in [0.4, 0.5) is 0 Å². The second-order valence-corrected chi connectivity index (χ2v) is 5.79. The fourth-order valence-electron chi connectivity index (χ4n) is 2.57. The van der Waals surface area contributed by atoms with E-state index in [9.17, 15) is 4.79 Å². The minimum Gasteiger partial charge on any atom is -0.494 e. The number of benzene rings is 1. The first kappa shape index (κ1) is 16.1. The molecule has 1 N–H and O–H groups in total. The Balaban J connectivity index is 1.72. The normalized spacial score (nSPS) is 12.1. The lowest BCUT2D eigenvalue weighted by molar-refractivity contribution is 0.0935. The van der Waals surface area contributed by atoms with Crippen LogP contribution in [0.5, 0.6) is 5.75 Å². The number of nitrogens with zero attached hydrogens (tertiary/aromatic N) is 2. The number of carbonyl (C=O) groups excluding carboxylic acids is 1. The highest BCUT2D eigenvalue weighted by Gasteiger charge is 2.14. The molecule has 5 heteroatoms. The molecule has 1 aromatic carbocycles. The van der Waals surface area contributed by atoms with Gasteiger partial charge in [0.25, 0.3) is 5.91 Å². The molecule has 0 aliphatic heterocycles. The Morgan fingerprint density at radius 3 is 2.75 bits per heavy atom. The quantitative estimate of drug-likeness (QED) is 0.781. The van der Waals surface area contributed by atoms with E-state index in [1.54, 1.807) is 6.20 Å². The van der Waals surface area contributed by atoms with E-state index in [4.69, 9.17) is 4.74 Å². The van der Waals surface area contributed by atoms with Crippen LogP contribution in [0.1, 0.15) is 41.5 Å². The third kappa shape index (κ3) is 3.40. The summed E-state index contributed by atoms with van der Waals surface area (Å²) >= 11 is 0. The summed E-state index contributed by atoms with van der Waals surface area (Å²) in [6.45, 7) is 6.54. The number of fused-ring (bicyclic) bond motifs is 1. The van der Waals surface area contributed by atoms with Crippen LogP contribution in [0.2, 0.25) is 0 Å². The number of hydrogen-bond acceptors (Lipinski definition) is 3. The SMILES string of the molecule is CCOc1ccc([C@H](C)NC(=O)c2cn3ccc(C)cc3n2)cc1. The third-order valence-corrected chi connectivity index (χ3v) is 3.89. The zero-order valence-electron chi connectivity index (χ0n) is 14.1. The maximum absolute atomic E-state index is 12.4. The average Bonchev–Trinajstić information content (AvgIpc) is 2.99. The van der Waals surface area contributed by atoms with Crippen LogP contribution in [0.3, 0.4) is 0 Å². The molecule has 0 aliphatic carbocycles. The van der Waals surface area contributed by atoms with Crippen molar-refractivity contribution < 1.29 is 9.53 Å². The van der Waals surface area contributed by atoms with Crippen molar-refractivity contribution >= 4 is 11.6 Å². The number of aryl methyl sites for hydroxylation is 1. The Morgan fingerprint density at radius 2 is 2.04 bits per heavy atom. The van der Waals surface area contributed by atoms with Crippen molar-refractivity contribution in [1.29, 1.82) is 0 Å². The van der Waals surface area contributed by atoms with Crippen LogP contribution in [-0.2, 0) is 0 Å². The summed E-state index contributed by atoms with van der Waals surface area (Å²) in [4.78, 5) is 16.8. The van der Waals surface area contributed by atoms with E-state index in [0.717, 1.165) is 22.5 Å². The molecule has 0 saturated heterocycles. The Hall–Kier alpha value is -2.82. The van der Waals surface area contributed by atoms with Gasteiger partial charge < -0.3 is 14.5 Å². The van der Waals surface area contributed by atoms with E-state index >= 15 is 0 Å². The molecule has 124 valence electrons. The minimum absolute atomic E-state index is 0.111. The van der Waals surface area contributed by atoms with Gasteiger partial charge in [0.15, 0.2) is 0 Å². The highest BCUT2D eigenvalue weighted by atomic mass is 16.5. The lowest BCUT2D eigenvalue weighted by Crippen LogP contribution is -2.26. The largest absolute Gasteiger partial charge is 0.494 e. The zero-order chi connectivity index (χ0) is 17.1. The number of amides is 1. The van der Waals surface area contributed by atoms with Crippen molar-refractivity contribution in [2.45, 2.75) is 26.8 Å². The van der Waals surface area contributed by atoms with Crippen LogP contribution < -0.4 is 10.1 Å². The lowest BCUT2D eigenvalue weighted by Gasteiger charge is -2.14. The Labute approximate surface area is 141 Å². The summed E-state index contributed by atoms with van der Waals surface area (Å²) in [6, 6.07) is 11.6. The molecule has 1 amide bonds. The summed E-state index contributed by atoms with van der Waals surface area (Å²) in [5.41, 5.74) is 3.32. The molecular weight excluding hydrogens is 302 g/mol. The number of rotatable bonds is 5. The lowest BCUT2D eigenvalue weighted by atomic mass is 10.1. The number of hydrogen-bond donors (Lipinski definition) is 1. The van der Waals surface area contributed by atoms with E-state index < -0.39 is 0 Å². The molecule has 2 aromatic heterocycles. The molecule has 0 unspecified atom stereocenters. The van der Waals surface area contributed by atoms with Crippen molar-refractivity contribution in [3.8, 4) is 5.75 Å². The monoisotopic (exact) mass is 323 g/mol. The average molecular weight is 323 g/mol. The van der Waals surface area contributed by atoms with Crippen molar-refractivity contribution in [2.24, 2.45) is 0 Å². The van der Waals surface area contributed by atoms with E-state index in [-0.39, 0.29) is 11.9 Å². The molecule has 5 nitrogen and oxygen atoms in total. The Kier molecular flexibility index (Phi) is 4.51. The molecule has 3 aromatic rings. The van der Waals surface area contributed by atoms with Gasteiger partial charge in [-0.05, 0) is 56.2 Å². The summed E-state index contributed by atoms with van der Waals surface area (Å²) in [5, 5.41) is 2.98. The van der Waals surface area contributed by atoms with E-state index in [1.165, 1.54) is 0 Å². The highest BCUT2D eigenvalue weighted by molar-refractivity contribution is 5.93. The number of ether oxygens (including phenoxy) is 1. The van der Waals surface area contributed by atoms with Gasteiger partial charge in [-0.3, -0.25) is 4.79 Å². The van der Waals surface area contributed by atoms with E-state index in [1.807, 2.05) is 67.8 Å². The van der Waals surface area contributed by atoms with Crippen molar-refractivity contribution in [1.82, 2.24) is 14.7 Å². The van der Waals surface area contributed by atoms with Gasteiger partial charge in [-0.15, -0.1) is 0 Å². The predicted octanol–water partition coefficient (Wildman–Crippen LogP) is 3.53. The molecule has 3 rings (SSSR count). The topological polar surface area (TPSA) is 55.6 Å². The van der Waals surface area contributed by atoms with Gasteiger partial charge in [0.2, 0.25) is 0 Å². The van der Waals surface area contributed by atoms with Crippen molar-refractivity contribution in [2.75, 3.05) is 6.61 Å². The standard InChI is InChI=1S/C19H21N3O2/c1-4-24-16-7-5-15(6-8-16)14(3)20-19(23)17-12-22-10-9-13(2)11-18(22)21-17/h5-12,14H,4H2,1-3H3,(H,20,23)/t14-/m0/s1. The van der Waals surface area contributed by atoms with Gasteiger partial charge in [0.05, 0.1) is 12.6 Å². The minimum atomic E-state index is -0.183. The number of nitrogens with one attached hydrogen (secondary N) is 1. The van der Waals surface area contributed by atoms with E-state index in [0.29, 0.717) is 12.3 Å². The van der Waals surface area contributed by atoms with Gasteiger partial charge >= 0.3 is 0 Å². The van der Waals surface area contributed by atoms with Gasteiger partial charge in [-0.2, -0.15) is 0 Å². The first-order valence-electron chi connectivity index (χ1n) is 8.06. The van der Waals surface area contributed by atoms with Crippen LogP contribution >= 0.6 is 0 Å². The fourth-order valence-corrected chi connectivity index (χ4v) is 2.57. The molecule has 0 aliphatic rings. The highest BCUT2D eigenvalue weighted by Crippen LogP contribution is 2.18. The van der Waals surface area contributed by atoms with E-state index in [2.05, 4.69) is 10.3 Å². The molecular formula is C19H21N3O2. The third-order valence-electron chi connectivity index (χ3n) is 3.89. The smallest absolute Gasteiger partial charge is 0.271 e. The molecule has 0 radical (unpaired) electrons. The fraction of sp³-hybridized carbons (Fsp3) is 0.263. The van der Waals surface area contributed by atoms with Gasteiger partial charge in [-0.25, -0.2) is 4.98 Å². The number of pyridine rings is 1. The number of aromatic nitrogens is 2. The predicted molar refractivity (Wildman–Crippen MR) is 93.4 cm³/mol. The number of imidazole rings is 1. The molecule has 0 spiro atoms. The van der Waals surface area contributed by atoms with Crippen molar-refractivity contribution in [3.63, 3.8) is 0 Å². The first-order valence-corrected chi connectivity index (χ1v) is 8.06. The van der Waals surface area contributed by atoms with Crippen LogP contribution in [-0.4, -0.2) is 21.9 Å². The molecule has 24 heavy (non-hydrogen) atoms.